The molecule has 0 nitrogen and oxygen atoms in total. The molecular formula is C13H9BrClFS. The molecule has 0 aliphatic heterocycles. The maximum Gasteiger partial charge on any atom is 0.137 e. The van der Waals surface area contributed by atoms with E-state index < -0.39 is 0 Å². The molecule has 0 unspecified atom stereocenters. The van der Waals surface area contributed by atoms with Gasteiger partial charge in [-0.15, -0.1) is 11.8 Å². The number of thioether (sulfide) groups is 1. The lowest BCUT2D eigenvalue weighted by Gasteiger charge is -2.06. The summed E-state index contributed by atoms with van der Waals surface area (Å²) in [5.41, 5.74) is 0.926. The predicted molar refractivity (Wildman–Crippen MR) is 75.1 cm³/mol. The Labute approximate surface area is 117 Å². The lowest BCUT2D eigenvalue weighted by atomic mass is 10.2. The van der Waals surface area contributed by atoms with E-state index in [2.05, 4.69) is 15.9 Å². The molecule has 0 aromatic heterocycles. The van der Waals surface area contributed by atoms with Crippen molar-refractivity contribution in [2.24, 2.45) is 0 Å². The van der Waals surface area contributed by atoms with Crippen molar-refractivity contribution in [2.75, 3.05) is 0 Å². The summed E-state index contributed by atoms with van der Waals surface area (Å²) >= 11 is 10.9. The van der Waals surface area contributed by atoms with Crippen molar-refractivity contribution < 1.29 is 4.39 Å². The van der Waals surface area contributed by atoms with Crippen molar-refractivity contribution in [1.82, 2.24) is 0 Å². The minimum atomic E-state index is -0.234. The topological polar surface area (TPSA) is 0 Å². The summed E-state index contributed by atoms with van der Waals surface area (Å²) in [7, 11) is 0. The van der Waals surface area contributed by atoms with Crippen molar-refractivity contribution in [3.05, 3.63) is 63.3 Å². The van der Waals surface area contributed by atoms with Crippen LogP contribution in [0, 0.1) is 5.82 Å². The molecule has 0 bridgehead atoms. The third-order valence-electron chi connectivity index (χ3n) is 2.25. The molecule has 0 atom stereocenters. The molecule has 0 amide bonds. The Morgan fingerprint density at radius 2 is 1.88 bits per heavy atom. The number of rotatable bonds is 3. The van der Waals surface area contributed by atoms with Gasteiger partial charge in [-0.3, -0.25) is 0 Å². The third-order valence-corrected chi connectivity index (χ3v) is 4.70. The minimum absolute atomic E-state index is 0.234. The van der Waals surface area contributed by atoms with E-state index in [0.717, 1.165) is 15.5 Å². The molecule has 17 heavy (non-hydrogen) atoms. The molecule has 0 saturated heterocycles. The second-order valence-corrected chi connectivity index (χ2v) is 5.65. The molecule has 0 fully saturated rings. The van der Waals surface area contributed by atoms with Crippen LogP contribution in [0.1, 0.15) is 5.56 Å². The van der Waals surface area contributed by atoms with E-state index in [4.69, 9.17) is 11.6 Å². The zero-order chi connectivity index (χ0) is 12.3. The Morgan fingerprint density at radius 1 is 1.12 bits per heavy atom. The highest BCUT2D eigenvalue weighted by Gasteiger charge is 2.06. The van der Waals surface area contributed by atoms with Gasteiger partial charge in [-0.1, -0.05) is 35.9 Å². The van der Waals surface area contributed by atoms with Crippen LogP contribution in [0.4, 0.5) is 4.39 Å². The zero-order valence-corrected chi connectivity index (χ0v) is 11.9. The Kier molecular flexibility index (Phi) is 4.48. The Bertz CT molecular complexity index is 531. The molecule has 88 valence electrons. The van der Waals surface area contributed by atoms with E-state index in [1.54, 1.807) is 17.8 Å². The number of benzene rings is 2. The summed E-state index contributed by atoms with van der Waals surface area (Å²) in [5.74, 6) is 0.449. The van der Waals surface area contributed by atoms with Crippen molar-refractivity contribution in [3.63, 3.8) is 0 Å². The van der Waals surface area contributed by atoms with Gasteiger partial charge in [0.05, 0.1) is 9.50 Å². The molecule has 0 aliphatic carbocycles. The quantitative estimate of drug-likeness (QED) is 0.666. The minimum Gasteiger partial charge on any atom is -0.206 e. The first-order chi connectivity index (χ1) is 8.18. The second kappa shape index (κ2) is 5.89. The van der Waals surface area contributed by atoms with E-state index in [1.165, 1.54) is 6.07 Å². The fourth-order valence-corrected chi connectivity index (χ4v) is 3.20. The van der Waals surface area contributed by atoms with Gasteiger partial charge in [-0.05, 0) is 39.7 Å². The van der Waals surface area contributed by atoms with Crippen LogP contribution in [0.25, 0.3) is 0 Å². The first-order valence-corrected chi connectivity index (χ1v) is 7.14. The number of halogens is 3. The average molecular weight is 332 g/mol. The number of hydrogen-bond acceptors (Lipinski definition) is 1. The van der Waals surface area contributed by atoms with E-state index in [-0.39, 0.29) is 5.82 Å². The Morgan fingerprint density at radius 3 is 2.65 bits per heavy atom. The van der Waals surface area contributed by atoms with Crippen LogP contribution < -0.4 is 0 Å². The Balaban J connectivity index is 2.13. The first kappa shape index (κ1) is 12.9. The molecule has 0 spiro atoms. The highest BCUT2D eigenvalue weighted by Crippen LogP contribution is 2.32. The van der Waals surface area contributed by atoms with Crippen LogP contribution in [0.2, 0.25) is 5.02 Å². The monoisotopic (exact) mass is 330 g/mol. The van der Waals surface area contributed by atoms with Gasteiger partial charge in [-0.25, -0.2) is 4.39 Å². The molecule has 0 radical (unpaired) electrons. The average Bonchev–Trinajstić information content (AvgIpc) is 2.33. The molecule has 4 heteroatoms. The summed E-state index contributed by atoms with van der Waals surface area (Å²) in [6, 6.07) is 12.7. The SMILES string of the molecule is Fc1cccc(CSc2ccccc2Cl)c1Br. The van der Waals surface area contributed by atoms with Gasteiger partial charge in [0.2, 0.25) is 0 Å². The zero-order valence-electron chi connectivity index (χ0n) is 8.79. The van der Waals surface area contributed by atoms with Crippen LogP contribution in [-0.2, 0) is 5.75 Å². The van der Waals surface area contributed by atoms with Crippen molar-refractivity contribution in [1.29, 1.82) is 0 Å². The largest absolute Gasteiger partial charge is 0.206 e. The molecular weight excluding hydrogens is 323 g/mol. The molecule has 2 aromatic carbocycles. The van der Waals surface area contributed by atoms with Gasteiger partial charge in [0.15, 0.2) is 0 Å². The first-order valence-electron chi connectivity index (χ1n) is 4.98. The number of hydrogen-bond donors (Lipinski definition) is 0. The standard InChI is InChI=1S/C13H9BrClFS/c14-13-9(4-3-6-11(13)16)8-17-12-7-2-1-5-10(12)15/h1-7H,8H2. The van der Waals surface area contributed by atoms with Crippen LogP contribution in [-0.4, -0.2) is 0 Å². The van der Waals surface area contributed by atoms with Crippen molar-refractivity contribution in [3.8, 4) is 0 Å². The second-order valence-electron chi connectivity index (χ2n) is 3.43. The highest BCUT2D eigenvalue weighted by atomic mass is 79.9. The molecule has 0 N–H and O–H groups in total. The highest BCUT2D eigenvalue weighted by molar-refractivity contribution is 9.10. The molecule has 0 heterocycles. The predicted octanol–water partition coefficient (Wildman–Crippen LogP) is 5.53. The molecule has 0 saturated carbocycles. The van der Waals surface area contributed by atoms with Gasteiger partial charge in [0.1, 0.15) is 5.82 Å². The van der Waals surface area contributed by atoms with Gasteiger partial charge < -0.3 is 0 Å². The van der Waals surface area contributed by atoms with Gasteiger partial charge >= 0.3 is 0 Å². The van der Waals surface area contributed by atoms with Gasteiger partial charge in [0.25, 0.3) is 0 Å². The van der Waals surface area contributed by atoms with E-state index in [0.29, 0.717) is 10.2 Å². The van der Waals surface area contributed by atoms with E-state index >= 15 is 0 Å². The van der Waals surface area contributed by atoms with Gasteiger partial charge in [-0.2, -0.15) is 0 Å². The Hall–Kier alpha value is -0.510. The molecule has 0 aliphatic rings. The molecule has 2 aromatic rings. The fourth-order valence-electron chi connectivity index (χ4n) is 1.38. The maximum atomic E-state index is 13.3. The normalized spacial score (nSPS) is 10.5. The lowest BCUT2D eigenvalue weighted by Crippen LogP contribution is -1.86. The summed E-state index contributed by atoms with van der Waals surface area (Å²) in [5, 5.41) is 0.727. The third kappa shape index (κ3) is 3.24. The van der Waals surface area contributed by atoms with Crippen LogP contribution in [0.15, 0.2) is 51.8 Å². The van der Waals surface area contributed by atoms with Crippen molar-refractivity contribution in [2.45, 2.75) is 10.6 Å². The van der Waals surface area contributed by atoms with E-state index in [9.17, 15) is 4.39 Å². The van der Waals surface area contributed by atoms with Crippen LogP contribution >= 0.6 is 39.3 Å². The fraction of sp³-hybridized carbons (Fsp3) is 0.0769. The van der Waals surface area contributed by atoms with E-state index in [1.807, 2.05) is 30.3 Å². The summed E-state index contributed by atoms with van der Waals surface area (Å²) in [6.07, 6.45) is 0. The van der Waals surface area contributed by atoms with Crippen LogP contribution in [0.5, 0.6) is 0 Å². The lowest BCUT2D eigenvalue weighted by molar-refractivity contribution is 0.619. The summed E-state index contributed by atoms with van der Waals surface area (Å²) < 4.78 is 13.8. The summed E-state index contributed by atoms with van der Waals surface area (Å²) in [6.45, 7) is 0. The maximum absolute atomic E-state index is 13.3. The van der Waals surface area contributed by atoms with Gasteiger partial charge in [0, 0.05) is 10.6 Å². The smallest absolute Gasteiger partial charge is 0.137 e. The van der Waals surface area contributed by atoms with Crippen LogP contribution in [0.3, 0.4) is 0 Å². The molecule has 2 rings (SSSR count). The summed E-state index contributed by atoms with van der Waals surface area (Å²) in [4.78, 5) is 1.00. The van der Waals surface area contributed by atoms with Crippen molar-refractivity contribution >= 4 is 39.3 Å².